The van der Waals surface area contributed by atoms with E-state index in [4.69, 9.17) is 16.3 Å². The van der Waals surface area contributed by atoms with Crippen molar-refractivity contribution in [2.75, 3.05) is 6.61 Å². The van der Waals surface area contributed by atoms with Crippen LogP contribution in [0.15, 0.2) is 42.5 Å². The molecule has 0 aromatic heterocycles. The van der Waals surface area contributed by atoms with Crippen molar-refractivity contribution in [1.82, 2.24) is 0 Å². The molecule has 19 heavy (non-hydrogen) atoms. The largest absolute Gasteiger partial charge is 0.492 e. The number of fused-ring (bicyclic) bond motifs is 4. The van der Waals surface area contributed by atoms with Crippen molar-refractivity contribution in [2.24, 2.45) is 5.92 Å². The molecule has 94 valence electrons. The zero-order valence-electron chi connectivity index (χ0n) is 10.3. The Balaban J connectivity index is 1.89. The molecule has 0 spiro atoms. The van der Waals surface area contributed by atoms with E-state index in [2.05, 4.69) is 23.2 Å². The van der Waals surface area contributed by atoms with Crippen LogP contribution in [0.4, 0.5) is 5.69 Å². The number of para-hydroxylation sites is 1. The van der Waals surface area contributed by atoms with Crippen molar-refractivity contribution in [3.63, 3.8) is 0 Å². The van der Waals surface area contributed by atoms with Gasteiger partial charge in [0.25, 0.3) is 0 Å². The van der Waals surface area contributed by atoms with Gasteiger partial charge in [-0.1, -0.05) is 23.7 Å². The third-order valence-electron chi connectivity index (χ3n) is 3.83. The number of rotatable bonds is 0. The van der Waals surface area contributed by atoms with E-state index in [1.165, 1.54) is 16.8 Å². The molecular formula is C16H13ClNO+. The van der Waals surface area contributed by atoms with E-state index in [1.54, 1.807) is 0 Å². The molecule has 0 bridgehead atoms. The molecule has 3 heteroatoms. The van der Waals surface area contributed by atoms with Crippen molar-refractivity contribution in [1.29, 1.82) is 0 Å². The zero-order valence-corrected chi connectivity index (χ0v) is 11.1. The molecule has 1 atom stereocenters. The van der Waals surface area contributed by atoms with Gasteiger partial charge in [-0.3, -0.25) is 0 Å². The summed E-state index contributed by atoms with van der Waals surface area (Å²) in [6.45, 7) is 0.727. The molecule has 1 N–H and O–H groups in total. The maximum atomic E-state index is 6.07. The number of hydrogen-bond acceptors (Lipinski definition) is 1. The normalized spacial score (nSPS) is 19.6. The van der Waals surface area contributed by atoms with E-state index in [0.717, 1.165) is 29.5 Å². The summed E-state index contributed by atoms with van der Waals surface area (Å²) >= 11 is 6.07. The van der Waals surface area contributed by atoms with Gasteiger partial charge in [-0.25, -0.2) is 4.99 Å². The maximum absolute atomic E-state index is 6.07. The van der Waals surface area contributed by atoms with Gasteiger partial charge in [0.1, 0.15) is 12.4 Å². The molecule has 4 rings (SSSR count). The predicted molar refractivity (Wildman–Crippen MR) is 75.3 cm³/mol. The molecule has 0 amide bonds. The first-order valence-corrected chi connectivity index (χ1v) is 6.83. The van der Waals surface area contributed by atoms with Gasteiger partial charge in [-0.15, -0.1) is 0 Å². The van der Waals surface area contributed by atoms with Crippen LogP contribution in [0.1, 0.15) is 11.1 Å². The van der Waals surface area contributed by atoms with Crippen LogP contribution in [0.25, 0.3) is 0 Å². The third-order valence-corrected chi connectivity index (χ3v) is 4.06. The van der Waals surface area contributed by atoms with E-state index in [9.17, 15) is 0 Å². The molecule has 0 saturated heterocycles. The smallest absolute Gasteiger partial charge is 0.207 e. The summed E-state index contributed by atoms with van der Waals surface area (Å²) in [6, 6.07) is 14.2. The number of ether oxygens (including phenoxy) is 1. The van der Waals surface area contributed by atoms with Gasteiger partial charge in [0.15, 0.2) is 5.71 Å². The lowest BCUT2D eigenvalue weighted by molar-refractivity contribution is -0.361. The Hall–Kier alpha value is -1.80. The fraction of sp³-hybridized carbons (Fsp3) is 0.188. The molecule has 2 aromatic carbocycles. The van der Waals surface area contributed by atoms with E-state index in [-0.39, 0.29) is 0 Å². The van der Waals surface area contributed by atoms with E-state index in [1.807, 2.05) is 24.3 Å². The Morgan fingerprint density at radius 3 is 3.00 bits per heavy atom. The quantitative estimate of drug-likeness (QED) is 0.779. The zero-order chi connectivity index (χ0) is 12.8. The first-order chi connectivity index (χ1) is 9.31. The second-order valence-electron chi connectivity index (χ2n) is 5.05. The summed E-state index contributed by atoms with van der Waals surface area (Å²) in [5.74, 6) is 1.36. The minimum absolute atomic E-state index is 0.390. The third kappa shape index (κ3) is 1.75. The lowest BCUT2D eigenvalue weighted by Crippen LogP contribution is -2.72. The summed E-state index contributed by atoms with van der Waals surface area (Å²) in [7, 11) is 0. The molecule has 0 aliphatic carbocycles. The van der Waals surface area contributed by atoms with Crippen LogP contribution in [-0.2, 0) is 6.42 Å². The van der Waals surface area contributed by atoms with Crippen molar-refractivity contribution < 1.29 is 9.73 Å². The Labute approximate surface area is 116 Å². The fourth-order valence-corrected chi connectivity index (χ4v) is 3.10. The number of benzene rings is 2. The fourth-order valence-electron chi connectivity index (χ4n) is 2.90. The monoisotopic (exact) mass is 270 g/mol. The highest BCUT2D eigenvalue weighted by Crippen LogP contribution is 2.31. The second-order valence-corrected chi connectivity index (χ2v) is 5.48. The average molecular weight is 271 g/mol. The van der Waals surface area contributed by atoms with Crippen LogP contribution in [0, 0.1) is 5.92 Å². The minimum Gasteiger partial charge on any atom is -0.492 e. The molecule has 1 unspecified atom stereocenters. The van der Waals surface area contributed by atoms with Crippen molar-refractivity contribution in [2.45, 2.75) is 6.42 Å². The molecule has 2 heterocycles. The number of halogens is 1. The van der Waals surface area contributed by atoms with E-state index < -0.39 is 0 Å². The molecule has 0 radical (unpaired) electrons. The van der Waals surface area contributed by atoms with Crippen molar-refractivity contribution in [3.05, 3.63) is 58.6 Å². The lowest BCUT2D eigenvalue weighted by Gasteiger charge is -2.26. The van der Waals surface area contributed by atoms with Crippen LogP contribution >= 0.6 is 11.6 Å². The maximum Gasteiger partial charge on any atom is 0.207 e. The minimum atomic E-state index is 0.390. The Kier molecular flexibility index (Phi) is 2.39. The highest BCUT2D eigenvalue weighted by molar-refractivity contribution is 6.30. The standard InChI is InChI=1S/C16H12ClNO/c17-12-5-6-14-10(8-12)7-11-9-19-15-4-2-1-3-13(15)16(11)18-14/h1-6,8,11H,7,9H2/p+1. The summed E-state index contributed by atoms with van der Waals surface area (Å²) in [4.78, 5) is 3.56. The summed E-state index contributed by atoms with van der Waals surface area (Å²) in [5.41, 5.74) is 4.88. The number of hydrogen-bond donors (Lipinski definition) is 1. The van der Waals surface area contributed by atoms with Crippen molar-refractivity contribution >= 4 is 23.0 Å². The van der Waals surface area contributed by atoms with Crippen molar-refractivity contribution in [3.8, 4) is 5.75 Å². The molecular weight excluding hydrogens is 258 g/mol. The Morgan fingerprint density at radius 2 is 2.05 bits per heavy atom. The SMILES string of the molecule is Clc1ccc2c(c1)CC1COc3ccccc3C1=[NH+]2. The van der Waals surface area contributed by atoms with E-state index in [0.29, 0.717) is 5.92 Å². The topological polar surface area (TPSA) is 23.2 Å². The first-order valence-electron chi connectivity index (χ1n) is 6.46. The molecule has 2 nitrogen and oxygen atoms in total. The number of nitrogens with one attached hydrogen (secondary N) is 1. The van der Waals surface area contributed by atoms with Crippen LogP contribution in [0.3, 0.4) is 0 Å². The lowest BCUT2D eigenvalue weighted by atomic mass is 9.86. The van der Waals surface area contributed by atoms with Gasteiger partial charge >= 0.3 is 0 Å². The Morgan fingerprint density at radius 1 is 1.16 bits per heavy atom. The highest BCUT2D eigenvalue weighted by Gasteiger charge is 2.35. The second kappa shape index (κ2) is 4.10. The van der Waals surface area contributed by atoms with Gasteiger partial charge < -0.3 is 4.74 Å². The van der Waals surface area contributed by atoms with Gasteiger partial charge in [0.05, 0.1) is 11.5 Å². The Bertz CT molecular complexity index is 693. The average Bonchev–Trinajstić information content (AvgIpc) is 2.45. The summed E-state index contributed by atoms with van der Waals surface area (Å²) < 4.78 is 5.84. The molecule has 0 fully saturated rings. The highest BCUT2D eigenvalue weighted by atomic mass is 35.5. The molecule has 2 aliphatic heterocycles. The van der Waals surface area contributed by atoms with Gasteiger partial charge in [0, 0.05) is 16.7 Å². The molecule has 2 aromatic rings. The van der Waals surface area contributed by atoms with E-state index >= 15 is 0 Å². The van der Waals surface area contributed by atoms with Crippen LogP contribution < -0.4 is 9.73 Å². The summed E-state index contributed by atoms with van der Waals surface area (Å²) in [5, 5.41) is 0.793. The van der Waals surface area contributed by atoms with Gasteiger partial charge in [-0.2, -0.15) is 0 Å². The van der Waals surface area contributed by atoms with Gasteiger partial charge in [0.2, 0.25) is 5.69 Å². The molecule has 2 aliphatic rings. The van der Waals surface area contributed by atoms with Gasteiger partial charge in [-0.05, 0) is 30.7 Å². The van der Waals surface area contributed by atoms with Crippen LogP contribution in [0.2, 0.25) is 5.02 Å². The van der Waals surface area contributed by atoms with Crippen LogP contribution in [0.5, 0.6) is 5.75 Å². The first kappa shape index (κ1) is 11.1. The summed E-state index contributed by atoms with van der Waals surface area (Å²) in [6.07, 6.45) is 0.979. The predicted octanol–water partition coefficient (Wildman–Crippen LogP) is 2.11. The molecule has 0 saturated carbocycles. The van der Waals surface area contributed by atoms with Crippen LogP contribution in [-0.4, -0.2) is 12.3 Å².